The smallest absolute Gasteiger partial charge is 0.317 e. The summed E-state index contributed by atoms with van der Waals surface area (Å²) in [7, 11) is 0. The zero-order valence-corrected chi connectivity index (χ0v) is 15.4. The predicted octanol–water partition coefficient (Wildman–Crippen LogP) is 2.68. The lowest BCUT2D eigenvalue weighted by Crippen LogP contribution is -2.46. The fourth-order valence-electron chi connectivity index (χ4n) is 3.09. The second kappa shape index (κ2) is 7.13. The summed E-state index contributed by atoms with van der Waals surface area (Å²) in [6, 6.07) is 4.15. The number of rotatable bonds is 4. The van der Waals surface area contributed by atoms with Crippen molar-refractivity contribution >= 4 is 23.3 Å². The largest absolute Gasteiger partial charge is 0.341 e. The van der Waals surface area contributed by atoms with Gasteiger partial charge in [0, 0.05) is 48.9 Å². The highest BCUT2D eigenvalue weighted by Gasteiger charge is 2.34. The third-order valence-electron chi connectivity index (χ3n) is 4.89. The van der Waals surface area contributed by atoms with Crippen molar-refractivity contribution in [1.29, 1.82) is 0 Å². The first-order valence-corrected chi connectivity index (χ1v) is 9.71. The van der Waals surface area contributed by atoms with E-state index >= 15 is 0 Å². The zero-order chi connectivity index (χ0) is 17.2. The highest BCUT2D eigenvalue weighted by Crippen LogP contribution is 2.31. The van der Waals surface area contributed by atoms with Crippen LogP contribution in [-0.2, 0) is 10.2 Å². The molecule has 0 radical (unpaired) electrons. The molecule has 132 valence electrons. The summed E-state index contributed by atoms with van der Waals surface area (Å²) < 4.78 is 0. The van der Waals surface area contributed by atoms with Crippen molar-refractivity contribution in [3.63, 3.8) is 0 Å². The van der Waals surface area contributed by atoms with Gasteiger partial charge >= 0.3 is 6.03 Å². The van der Waals surface area contributed by atoms with Crippen LogP contribution in [0.15, 0.2) is 17.5 Å². The normalized spacial score (nSPS) is 19.1. The average molecular weight is 350 g/mol. The van der Waals surface area contributed by atoms with Gasteiger partial charge in [-0.1, -0.05) is 19.9 Å². The van der Waals surface area contributed by atoms with E-state index in [2.05, 4.69) is 30.6 Å². The SMILES string of the molecule is CC(C)(CNC(=O)N1CCCN(C(=O)C2CC2)CC1)c1cccs1. The fraction of sp³-hybridized carbons (Fsp3) is 0.667. The molecule has 24 heavy (non-hydrogen) atoms. The molecule has 5 nitrogen and oxygen atoms in total. The van der Waals surface area contributed by atoms with Gasteiger partial charge in [-0.25, -0.2) is 4.79 Å². The van der Waals surface area contributed by atoms with Gasteiger partial charge in [0.15, 0.2) is 0 Å². The summed E-state index contributed by atoms with van der Waals surface area (Å²) in [6.07, 6.45) is 2.94. The van der Waals surface area contributed by atoms with Crippen LogP contribution in [0.25, 0.3) is 0 Å². The Morgan fingerprint density at radius 2 is 1.92 bits per heavy atom. The van der Waals surface area contributed by atoms with Gasteiger partial charge in [0.2, 0.25) is 5.91 Å². The monoisotopic (exact) mass is 349 g/mol. The number of carbonyl (C=O) groups excluding carboxylic acids is 2. The van der Waals surface area contributed by atoms with E-state index in [1.165, 1.54) is 4.88 Å². The molecule has 1 saturated heterocycles. The molecule has 6 heteroatoms. The molecule has 2 heterocycles. The van der Waals surface area contributed by atoms with Crippen LogP contribution in [0.5, 0.6) is 0 Å². The molecule has 0 aromatic carbocycles. The van der Waals surface area contributed by atoms with E-state index in [0.29, 0.717) is 19.6 Å². The van der Waals surface area contributed by atoms with E-state index in [-0.39, 0.29) is 23.3 Å². The second-order valence-corrected chi connectivity index (χ2v) is 8.41. The molecule has 0 spiro atoms. The molecule has 0 atom stereocenters. The van der Waals surface area contributed by atoms with E-state index in [1.807, 2.05) is 15.9 Å². The molecule has 1 aliphatic carbocycles. The number of carbonyl (C=O) groups is 2. The van der Waals surface area contributed by atoms with Crippen LogP contribution in [0.2, 0.25) is 0 Å². The molecule has 2 fully saturated rings. The van der Waals surface area contributed by atoms with Crippen LogP contribution < -0.4 is 5.32 Å². The maximum Gasteiger partial charge on any atom is 0.317 e. The first-order chi connectivity index (χ1) is 11.5. The number of amides is 3. The minimum atomic E-state index is -0.0658. The molecule has 1 saturated carbocycles. The average Bonchev–Trinajstić information content (AvgIpc) is 3.32. The van der Waals surface area contributed by atoms with E-state index in [1.54, 1.807) is 11.3 Å². The molecule has 3 amide bonds. The highest BCUT2D eigenvalue weighted by atomic mass is 32.1. The topological polar surface area (TPSA) is 52.7 Å². The highest BCUT2D eigenvalue weighted by molar-refractivity contribution is 7.10. The summed E-state index contributed by atoms with van der Waals surface area (Å²) in [6.45, 7) is 7.71. The number of nitrogens with zero attached hydrogens (tertiary/aromatic N) is 2. The minimum absolute atomic E-state index is 0.0136. The molecular weight excluding hydrogens is 322 g/mol. The summed E-state index contributed by atoms with van der Waals surface area (Å²) in [5, 5.41) is 5.15. The van der Waals surface area contributed by atoms with Gasteiger partial charge in [-0.15, -0.1) is 11.3 Å². The molecule has 2 aliphatic rings. The summed E-state index contributed by atoms with van der Waals surface area (Å²) in [5.41, 5.74) is -0.0658. The molecule has 0 bridgehead atoms. The van der Waals surface area contributed by atoms with Crippen molar-refractivity contribution in [3.8, 4) is 0 Å². The molecule has 1 aromatic heterocycles. The van der Waals surface area contributed by atoms with Crippen molar-refractivity contribution < 1.29 is 9.59 Å². The van der Waals surface area contributed by atoms with Gasteiger partial charge in [0.25, 0.3) is 0 Å². The number of hydrogen-bond acceptors (Lipinski definition) is 3. The number of nitrogens with one attached hydrogen (secondary N) is 1. The van der Waals surface area contributed by atoms with Crippen LogP contribution in [0.1, 0.15) is 38.0 Å². The first kappa shape index (κ1) is 17.3. The Labute approximate surface area is 148 Å². The summed E-state index contributed by atoms with van der Waals surface area (Å²) >= 11 is 1.72. The van der Waals surface area contributed by atoms with Gasteiger partial charge < -0.3 is 15.1 Å². The Kier molecular flexibility index (Phi) is 5.13. The molecule has 1 N–H and O–H groups in total. The van der Waals surface area contributed by atoms with Crippen LogP contribution >= 0.6 is 11.3 Å². The van der Waals surface area contributed by atoms with Crippen molar-refractivity contribution in [2.45, 2.75) is 38.5 Å². The Bertz CT molecular complexity index is 581. The molecule has 3 rings (SSSR count). The fourth-order valence-corrected chi connectivity index (χ4v) is 3.94. The van der Waals surface area contributed by atoms with Gasteiger partial charge in [-0.3, -0.25) is 4.79 Å². The maximum absolute atomic E-state index is 12.5. The lowest BCUT2D eigenvalue weighted by molar-refractivity contribution is -0.132. The minimum Gasteiger partial charge on any atom is -0.341 e. The van der Waals surface area contributed by atoms with Crippen LogP contribution in [-0.4, -0.2) is 54.5 Å². The quantitative estimate of drug-likeness (QED) is 0.909. The van der Waals surface area contributed by atoms with Crippen LogP contribution in [0.3, 0.4) is 0 Å². The number of urea groups is 1. The predicted molar refractivity (Wildman–Crippen MR) is 96.2 cm³/mol. The Hall–Kier alpha value is -1.56. The van der Waals surface area contributed by atoms with Crippen molar-refractivity contribution in [2.75, 3.05) is 32.7 Å². The standard InChI is InChI=1S/C18H27N3O2S/c1-18(2,15-5-3-12-24-15)13-19-17(23)21-9-4-8-20(10-11-21)16(22)14-6-7-14/h3,5,12,14H,4,6-11,13H2,1-2H3,(H,19,23). The van der Waals surface area contributed by atoms with E-state index < -0.39 is 0 Å². The molecule has 1 aliphatic heterocycles. The second-order valence-electron chi connectivity index (χ2n) is 7.46. The van der Waals surface area contributed by atoms with Gasteiger partial charge in [-0.05, 0) is 30.7 Å². The van der Waals surface area contributed by atoms with Crippen molar-refractivity contribution in [2.24, 2.45) is 5.92 Å². The van der Waals surface area contributed by atoms with Gasteiger partial charge in [0.1, 0.15) is 0 Å². The van der Waals surface area contributed by atoms with Gasteiger partial charge in [-0.2, -0.15) is 0 Å². The third-order valence-corrected chi connectivity index (χ3v) is 6.13. The van der Waals surface area contributed by atoms with E-state index in [0.717, 1.165) is 32.4 Å². The number of hydrogen-bond donors (Lipinski definition) is 1. The Morgan fingerprint density at radius 1 is 1.21 bits per heavy atom. The first-order valence-electron chi connectivity index (χ1n) is 8.83. The van der Waals surface area contributed by atoms with Crippen molar-refractivity contribution in [1.82, 2.24) is 15.1 Å². The Morgan fingerprint density at radius 3 is 2.58 bits per heavy atom. The van der Waals surface area contributed by atoms with E-state index in [9.17, 15) is 9.59 Å². The zero-order valence-electron chi connectivity index (χ0n) is 14.6. The van der Waals surface area contributed by atoms with Crippen LogP contribution in [0.4, 0.5) is 4.79 Å². The van der Waals surface area contributed by atoms with Crippen LogP contribution in [0, 0.1) is 5.92 Å². The maximum atomic E-state index is 12.5. The number of thiophene rings is 1. The Balaban J connectivity index is 1.49. The van der Waals surface area contributed by atoms with E-state index in [4.69, 9.17) is 0 Å². The third kappa shape index (κ3) is 4.09. The molecule has 1 aromatic rings. The lowest BCUT2D eigenvalue weighted by atomic mass is 9.91. The summed E-state index contributed by atoms with van der Waals surface area (Å²) in [4.78, 5) is 29.8. The summed E-state index contributed by atoms with van der Waals surface area (Å²) in [5.74, 6) is 0.549. The molecule has 0 unspecified atom stereocenters. The van der Waals surface area contributed by atoms with Crippen molar-refractivity contribution in [3.05, 3.63) is 22.4 Å². The molecular formula is C18H27N3O2S. The van der Waals surface area contributed by atoms with Gasteiger partial charge in [0.05, 0.1) is 0 Å². The lowest BCUT2D eigenvalue weighted by Gasteiger charge is -2.27.